The van der Waals surface area contributed by atoms with Crippen LogP contribution in [0.4, 0.5) is 0 Å². The van der Waals surface area contributed by atoms with Crippen LogP contribution in [0.15, 0.2) is 0 Å². The molecule has 0 unspecified atom stereocenters. The molecular formula is C7H14O. The van der Waals surface area contributed by atoms with Crippen LogP contribution in [0.5, 0.6) is 0 Å². The lowest BCUT2D eigenvalue weighted by molar-refractivity contribution is 0.117. The van der Waals surface area contributed by atoms with Crippen molar-refractivity contribution < 1.29 is 4.74 Å². The van der Waals surface area contributed by atoms with Crippen LogP contribution >= 0.6 is 0 Å². The van der Waals surface area contributed by atoms with Gasteiger partial charge in [0.05, 0.1) is 6.10 Å². The van der Waals surface area contributed by atoms with Gasteiger partial charge in [-0.15, -0.1) is 0 Å². The molecule has 1 heteroatoms. The monoisotopic (exact) mass is 114 g/mol. The zero-order valence-corrected chi connectivity index (χ0v) is 5.52. The molecular weight excluding hydrogens is 100 g/mol. The van der Waals surface area contributed by atoms with Crippen LogP contribution in [-0.4, -0.2) is 12.7 Å². The summed E-state index contributed by atoms with van der Waals surface area (Å²) in [5.41, 5.74) is 0. The number of rotatable bonds is 4. The van der Waals surface area contributed by atoms with Gasteiger partial charge in [0, 0.05) is 6.61 Å². The van der Waals surface area contributed by atoms with Crippen molar-refractivity contribution in [2.75, 3.05) is 6.61 Å². The van der Waals surface area contributed by atoms with E-state index in [-0.39, 0.29) is 0 Å². The fourth-order valence-corrected chi connectivity index (χ4v) is 0.629. The van der Waals surface area contributed by atoms with E-state index in [0.29, 0.717) is 6.10 Å². The molecule has 1 nitrogen and oxygen atoms in total. The smallest absolute Gasteiger partial charge is 0.0577 e. The summed E-state index contributed by atoms with van der Waals surface area (Å²) in [6.07, 6.45) is 5.76. The Labute approximate surface area is 51.0 Å². The SMILES string of the molecule is CCCCOC1CC1. The first-order chi connectivity index (χ1) is 3.93. The van der Waals surface area contributed by atoms with Gasteiger partial charge in [0.1, 0.15) is 0 Å². The van der Waals surface area contributed by atoms with Crippen molar-refractivity contribution in [3.63, 3.8) is 0 Å². The Bertz CT molecular complexity index is 57.4. The van der Waals surface area contributed by atoms with Gasteiger partial charge >= 0.3 is 0 Å². The van der Waals surface area contributed by atoms with E-state index in [9.17, 15) is 0 Å². The predicted octanol–water partition coefficient (Wildman–Crippen LogP) is 1.97. The van der Waals surface area contributed by atoms with Gasteiger partial charge in [0.15, 0.2) is 0 Å². The van der Waals surface area contributed by atoms with Gasteiger partial charge < -0.3 is 4.74 Å². The molecule has 1 rings (SSSR count). The quantitative estimate of drug-likeness (QED) is 0.508. The van der Waals surface area contributed by atoms with Crippen molar-refractivity contribution in [1.29, 1.82) is 0 Å². The van der Waals surface area contributed by atoms with Gasteiger partial charge in [-0.05, 0) is 19.3 Å². The van der Waals surface area contributed by atoms with E-state index in [1.807, 2.05) is 0 Å². The molecule has 0 saturated heterocycles. The third-order valence-corrected chi connectivity index (χ3v) is 1.38. The second kappa shape index (κ2) is 3.08. The van der Waals surface area contributed by atoms with E-state index in [1.165, 1.54) is 25.7 Å². The topological polar surface area (TPSA) is 9.23 Å². The first-order valence-corrected chi connectivity index (χ1v) is 3.55. The lowest BCUT2D eigenvalue weighted by Crippen LogP contribution is -1.94. The molecule has 0 aliphatic heterocycles. The fraction of sp³-hybridized carbons (Fsp3) is 1.00. The minimum atomic E-state index is 0.654. The van der Waals surface area contributed by atoms with Crippen molar-refractivity contribution in [2.24, 2.45) is 0 Å². The molecule has 0 heterocycles. The Morgan fingerprint density at radius 3 is 2.75 bits per heavy atom. The highest BCUT2D eigenvalue weighted by molar-refractivity contribution is 4.72. The van der Waals surface area contributed by atoms with Crippen molar-refractivity contribution >= 4 is 0 Å². The van der Waals surface area contributed by atoms with Gasteiger partial charge in [-0.3, -0.25) is 0 Å². The van der Waals surface area contributed by atoms with Crippen molar-refractivity contribution in [1.82, 2.24) is 0 Å². The van der Waals surface area contributed by atoms with Crippen LogP contribution < -0.4 is 0 Å². The number of hydrogen-bond donors (Lipinski definition) is 0. The third-order valence-electron chi connectivity index (χ3n) is 1.38. The summed E-state index contributed by atoms with van der Waals surface area (Å²) in [6.45, 7) is 3.18. The van der Waals surface area contributed by atoms with Gasteiger partial charge in [-0.2, -0.15) is 0 Å². The van der Waals surface area contributed by atoms with Gasteiger partial charge in [0.2, 0.25) is 0 Å². The molecule has 0 atom stereocenters. The molecule has 0 bridgehead atoms. The normalized spacial score (nSPS) is 19.1. The minimum Gasteiger partial charge on any atom is -0.378 e. The Morgan fingerprint density at radius 1 is 1.50 bits per heavy atom. The maximum atomic E-state index is 5.39. The summed E-state index contributed by atoms with van der Waals surface area (Å²) in [5, 5.41) is 0. The van der Waals surface area contributed by atoms with E-state index >= 15 is 0 Å². The standard InChI is InChI=1S/C7H14O/c1-2-3-6-8-7-4-5-7/h7H,2-6H2,1H3. The predicted molar refractivity (Wildman–Crippen MR) is 33.9 cm³/mol. The molecule has 0 amide bonds. The maximum absolute atomic E-state index is 5.39. The maximum Gasteiger partial charge on any atom is 0.0577 e. The van der Waals surface area contributed by atoms with Crippen LogP contribution in [0.2, 0.25) is 0 Å². The summed E-state index contributed by atoms with van der Waals surface area (Å²) in [6, 6.07) is 0. The van der Waals surface area contributed by atoms with Gasteiger partial charge in [0.25, 0.3) is 0 Å². The number of hydrogen-bond acceptors (Lipinski definition) is 1. The first kappa shape index (κ1) is 6.09. The Balaban J connectivity index is 1.74. The first-order valence-electron chi connectivity index (χ1n) is 3.55. The lowest BCUT2D eigenvalue weighted by atomic mass is 10.4. The lowest BCUT2D eigenvalue weighted by Gasteiger charge is -1.96. The average molecular weight is 114 g/mol. The molecule has 1 fully saturated rings. The van der Waals surface area contributed by atoms with E-state index in [0.717, 1.165) is 6.61 Å². The second-order valence-electron chi connectivity index (χ2n) is 2.42. The molecule has 0 spiro atoms. The van der Waals surface area contributed by atoms with E-state index < -0.39 is 0 Å². The molecule has 0 N–H and O–H groups in total. The molecule has 0 aromatic heterocycles. The van der Waals surface area contributed by atoms with Crippen molar-refractivity contribution in [3.8, 4) is 0 Å². The number of ether oxygens (including phenoxy) is 1. The zero-order chi connectivity index (χ0) is 5.82. The van der Waals surface area contributed by atoms with E-state index in [2.05, 4.69) is 6.92 Å². The third kappa shape index (κ3) is 2.31. The molecule has 0 aromatic carbocycles. The summed E-state index contributed by atoms with van der Waals surface area (Å²) in [4.78, 5) is 0. The van der Waals surface area contributed by atoms with Crippen molar-refractivity contribution in [3.05, 3.63) is 0 Å². The van der Waals surface area contributed by atoms with E-state index in [4.69, 9.17) is 4.74 Å². The zero-order valence-electron chi connectivity index (χ0n) is 5.52. The van der Waals surface area contributed by atoms with Crippen LogP contribution in [0.1, 0.15) is 32.6 Å². The summed E-state index contributed by atoms with van der Waals surface area (Å²) in [7, 11) is 0. The second-order valence-corrected chi connectivity index (χ2v) is 2.42. The molecule has 48 valence electrons. The molecule has 8 heavy (non-hydrogen) atoms. The Hall–Kier alpha value is -0.0400. The van der Waals surface area contributed by atoms with Crippen LogP contribution in [0.3, 0.4) is 0 Å². The Morgan fingerprint density at radius 2 is 2.25 bits per heavy atom. The average Bonchev–Trinajstić information content (AvgIpc) is 2.51. The number of unbranched alkanes of at least 4 members (excludes halogenated alkanes) is 1. The summed E-state index contributed by atoms with van der Waals surface area (Å²) in [5.74, 6) is 0. The summed E-state index contributed by atoms with van der Waals surface area (Å²) >= 11 is 0. The summed E-state index contributed by atoms with van der Waals surface area (Å²) < 4.78 is 5.39. The van der Waals surface area contributed by atoms with Gasteiger partial charge in [-0.1, -0.05) is 13.3 Å². The van der Waals surface area contributed by atoms with Crippen molar-refractivity contribution in [2.45, 2.75) is 38.7 Å². The van der Waals surface area contributed by atoms with Crippen LogP contribution in [0, 0.1) is 0 Å². The van der Waals surface area contributed by atoms with E-state index in [1.54, 1.807) is 0 Å². The van der Waals surface area contributed by atoms with Gasteiger partial charge in [-0.25, -0.2) is 0 Å². The molecule has 0 aromatic rings. The highest BCUT2D eigenvalue weighted by Gasteiger charge is 2.20. The highest BCUT2D eigenvalue weighted by Crippen LogP contribution is 2.23. The Kier molecular flexibility index (Phi) is 2.34. The molecule has 1 saturated carbocycles. The fourth-order valence-electron chi connectivity index (χ4n) is 0.629. The molecule has 1 aliphatic carbocycles. The highest BCUT2D eigenvalue weighted by atomic mass is 16.5. The van der Waals surface area contributed by atoms with Crippen LogP contribution in [0.25, 0.3) is 0 Å². The molecule has 0 radical (unpaired) electrons. The largest absolute Gasteiger partial charge is 0.378 e. The molecule has 1 aliphatic rings. The minimum absolute atomic E-state index is 0.654. The van der Waals surface area contributed by atoms with Crippen LogP contribution in [-0.2, 0) is 4.74 Å².